The summed E-state index contributed by atoms with van der Waals surface area (Å²) in [4.78, 5) is 32.9. The monoisotopic (exact) mass is 495 g/mol. The predicted molar refractivity (Wildman–Crippen MR) is 142 cm³/mol. The Morgan fingerprint density at radius 3 is 2.72 bits per heavy atom. The number of hydrogen-bond acceptors (Lipinski definition) is 6. The van der Waals surface area contributed by atoms with Gasteiger partial charge >= 0.3 is 0 Å². The molecule has 0 radical (unpaired) electrons. The van der Waals surface area contributed by atoms with E-state index in [0.717, 1.165) is 35.6 Å². The molecule has 8 nitrogen and oxygen atoms in total. The van der Waals surface area contributed by atoms with Gasteiger partial charge in [0, 0.05) is 30.6 Å². The van der Waals surface area contributed by atoms with Crippen LogP contribution in [0.2, 0.25) is 0 Å². The molecule has 4 atom stereocenters. The summed E-state index contributed by atoms with van der Waals surface area (Å²) in [6.07, 6.45) is 8.52. The number of β-amino-alcohol motifs (C(OH)–C–C–N with tert-alkyl or cyclic N) is 1. The number of nitrogens with zero attached hydrogens (tertiary/aromatic N) is 2. The Hall–Kier alpha value is -2.71. The Labute approximate surface area is 214 Å². The van der Waals surface area contributed by atoms with Crippen LogP contribution >= 0.6 is 0 Å². The first kappa shape index (κ1) is 26.4. The summed E-state index contributed by atoms with van der Waals surface area (Å²) in [5.74, 6) is 0.286. The normalized spacial score (nSPS) is 24.6. The number of anilines is 1. The topological polar surface area (TPSA) is 121 Å². The molecule has 1 aromatic carbocycles. The number of nitrogens with two attached hydrogens (primary N) is 1. The molecule has 0 unspecified atom stereocenters. The van der Waals surface area contributed by atoms with Crippen LogP contribution in [0.15, 0.2) is 30.5 Å². The molecule has 1 saturated heterocycles. The number of rotatable bonds is 8. The van der Waals surface area contributed by atoms with Crippen molar-refractivity contribution in [2.45, 2.75) is 96.0 Å². The quantitative estimate of drug-likeness (QED) is 0.447. The van der Waals surface area contributed by atoms with Crippen LogP contribution in [-0.4, -0.2) is 57.1 Å². The number of nitrogens with one attached hydrogen (secondary N) is 2. The van der Waals surface area contributed by atoms with E-state index in [1.165, 1.54) is 19.3 Å². The van der Waals surface area contributed by atoms with Gasteiger partial charge in [-0.2, -0.15) is 0 Å². The molecule has 5 N–H and O–H groups in total. The van der Waals surface area contributed by atoms with E-state index >= 15 is 0 Å². The lowest BCUT2D eigenvalue weighted by molar-refractivity contribution is -0.141. The maximum absolute atomic E-state index is 13.8. The lowest BCUT2D eigenvalue weighted by Crippen LogP contribution is -2.56. The maximum atomic E-state index is 13.8. The standard InChI is InChI=1S/C28H41N5O3/c1-4-18(2)24(32-21-8-6-5-7-9-21)27(35)33-17-28(3,36)15-23(33)26(34)31-16-19-10-11-22-20(14-19)12-13-30-25(22)29/h10-14,18,21,23-24,32,36H,4-9,15-17H2,1-3H3,(H2,29,30)(H,31,34)/t18-,23+,24-,28+/m1/s1. The zero-order valence-corrected chi connectivity index (χ0v) is 21.8. The highest BCUT2D eigenvalue weighted by Crippen LogP contribution is 2.30. The smallest absolute Gasteiger partial charge is 0.243 e. The van der Waals surface area contributed by atoms with Crippen molar-refractivity contribution in [3.8, 4) is 0 Å². The molecule has 1 aliphatic carbocycles. The van der Waals surface area contributed by atoms with Crippen molar-refractivity contribution >= 4 is 28.4 Å². The zero-order chi connectivity index (χ0) is 25.9. The number of fused-ring (bicyclic) bond motifs is 1. The molecule has 0 bridgehead atoms. The summed E-state index contributed by atoms with van der Waals surface area (Å²) >= 11 is 0. The third-order valence-electron chi connectivity index (χ3n) is 7.93. The molecular formula is C28H41N5O3. The predicted octanol–water partition coefficient (Wildman–Crippen LogP) is 3.12. The number of aromatic nitrogens is 1. The first-order valence-electron chi connectivity index (χ1n) is 13.4. The summed E-state index contributed by atoms with van der Waals surface area (Å²) < 4.78 is 0. The molecule has 2 amide bonds. The molecule has 1 saturated carbocycles. The lowest BCUT2D eigenvalue weighted by atomic mass is 9.91. The molecule has 4 rings (SSSR count). The molecular weight excluding hydrogens is 454 g/mol. The highest BCUT2D eigenvalue weighted by Gasteiger charge is 2.47. The summed E-state index contributed by atoms with van der Waals surface area (Å²) in [5.41, 5.74) is 5.78. The maximum Gasteiger partial charge on any atom is 0.243 e. The second kappa shape index (κ2) is 11.1. The van der Waals surface area contributed by atoms with Gasteiger partial charge in [0.25, 0.3) is 0 Å². The van der Waals surface area contributed by atoms with Crippen LogP contribution in [0.25, 0.3) is 10.8 Å². The van der Waals surface area contributed by atoms with Crippen molar-refractivity contribution in [3.63, 3.8) is 0 Å². The van der Waals surface area contributed by atoms with Crippen LogP contribution in [-0.2, 0) is 16.1 Å². The fourth-order valence-corrected chi connectivity index (χ4v) is 5.62. The van der Waals surface area contributed by atoms with Gasteiger partial charge in [-0.1, -0.05) is 51.7 Å². The van der Waals surface area contributed by atoms with Crippen LogP contribution in [0, 0.1) is 5.92 Å². The van der Waals surface area contributed by atoms with Gasteiger partial charge in [0.1, 0.15) is 11.9 Å². The van der Waals surface area contributed by atoms with E-state index in [4.69, 9.17) is 5.73 Å². The van der Waals surface area contributed by atoms with Crippen molar-refractivity contribution in [2.24, 2.45) is 5.92 Å². The van der Waals surface area contributed by atoms with Gasteiger partial charge in [0.15, 0.2) is 0 Å². The second-order valence-corrected chi connectivity index (χ2v) is 11.0. The highest BCUT2D eigenvalue weighted by molar-refractivity contribution is 5.92. The molecule has 2 fully saturated rings. The second-order valence-electron chi connectivity index (χ2n) is 11.0. The minimum atomic E-state index is -1.10. The van der Waals surface area contributed by atoms with Crippen molar-refractivity contribution in [2.75, 3.05) is 12.3 Å². The number of amides is 2. The Morgan fingerprint density at radius 1 is 1.25 bits per heavy atom. The number of hydrogen-bond donors (Lipinski definition) is 4. The van der Waals surface area contributed by atoms with Crippen LogP contribution in [0.5, 0.6) is 0 Å². The van der Waals surface area contributed by atoms with E-state index in [9.17, 15) is 14.7 Å². The zero-order valence-electron chi connectivity index (χ0n) is 21.8. The summed E-state index contributed by atoms with van der Waals surface area (Å²) in [6.45, 7) is 6.36. The van der Waals surface area contributed by atoms with Gasteiger partial charge in [0.2, 0.25) is 11.8 Å². The molecule has 196 valence electrons. The average molecular weight is 496 g/mol. The summed E-state index contributed by atoms with van der Waals surface area (Å²) in [6, 6.07) is 6.96. The molecule has 1 aromatic heterocycles. The lowest BCUT2D eigenvalue weighted by Gasteiger charge is -2.35. The minimum Gasteiger partial charge on any atom is -0.388 e. The Morgan fingerprint density at radius 2 is 2.00 bits per heavy atom. The van der Waals surface area contributed by atoms with E-state index < -0.39 is 11.6 Å². The number of pyridine rings is 1. The Bertz CT molecular complexity index is 1080. The number of nitrogen functional groups attached to an aromatic ring is 1. The molecule has 2 aliphatic rings. The third kappa shape index (κ3) is 5.98. The molecule has 1 aliphatic heterocycles. The van der Waals surface area contributed by atoms with Gasteiger partial charge in [-0.15, -0.1) is 0 Å². The summed E-state index contributed by atoms with van der Waals surface area (Å²) in [5, 5.41) is 19.3. The van der Waals surface area contributed by atoms with Gasteiger partial charge < -0.3 is 26.4 Å². The van der Waals surface area contributed by atoms with E-state index in [-0.39, 0.29) is 36.7 Å². The largest absolute Gasteiger partial charge is 0.388 e. The van der Waals surface area contributed by atoms with Gasteiger partial charge in [-0.3, -0.25) is 9.59 Å². The first-order chi connectivity index (χ1) is 17.2. The van der Waals surface area contributed by atoms with Crippen molar-refractivity contribution in [1.29, 1.82) is 0 Å². The summed E-state index contributed by atoms with van der Waals surface area (Å²) in [7, 11) is 0. The fourth-order valence-electron chi connectivity index (χ4n) is 5.62. The molecule has 0 spiro atoms. The van der Waals surface area contributed by atoms with Crippen LogP contribution in [0.3, 0.4) is 0 Å². The number of likely N-dealkylation sites (tertiary alicyclic amines) is 1. The van der Waals surface area contributed by atoms with Crippen molar-refractivity contribution in [3.05, 3.63) is 36.0 Å². The van der Waals surface area contributed by atoms with Gasteiger partial charge in [-0.25, -0.2) is 4.98 Å². The van der Waals surface area contributed by atoms with Crippen LogP contribution in [0.4, 0.5) is 5.82 Å². The van der Waals surface area contributed by atoms with Gasteiger partial charge in [0.05, 0.1) is 18.2 Å². The molecule has 2 aromatic rings. The van der Waals surface area contributed by atoms with Crippen molar-refractivity contribution < 1.29 is 14.7 Å². The van der Waals surface area contributed by atoms with E-state index in [1.54, 1.807) is 18.0 Å². The molecule has 8 heteroatoms. The van der Waals surface area contributed by atoms with Gasteiger partial charge in [-0.05, 0) is 48.8 Å². The van der Waals surface area contributed by atoms with E-state index in [2.05, 4.69) is 29.5 Å². The highest BCUT2D eigenvalue weighted by atomic mass is 16.3. The third-order valence-corrected chi connectivity index (χ3v) is 7.93. The van der Waals surface area contributed by atoms with Crippen LogP contribution < -0.4 is 16.4 Å². The number of benzene rings is 1. The average Bonchev–Trinajstić information content (AvgIpc) is 3.21. The SMILES string of the molecule is CC[C@@H](C)[C@@H](NC1CCCCC1)C(=O)N1C[C@@](C)(O)C[C@H]1C(=O)NCc1ccc2c(N)nccc2c1. The number of carbonyl (C=O) groups excluding carboxylic acids is 2. The Balaban J connectivity index is 1.47. The Kier molecular flexibility index (Phi) is 8.15. The number of carbonyl (C=O) groups is 2. The van der Waals surface area contributed by atoms with E-state index in [1.807, 2.05) is 24.3 Å². The molecule has 2 heterocycles. The molecule has 36 heavy (non-hydrogen) atoms. The van der Waals surface area contributed by atoms with Crippen LogP contribution in [0.1, 0.15) is 71.3 Å². The minimum absolute atomic E-state index is 0.0819. The first-order valence-corrected chi connectivity index (χ1v) is 13.4. The fraction of sp³-hybridized carbons (Fsp3) is 0.607. The van der Waals surface area contributed by atoms with E-state index in [0.29, 0.717) is 18.4 Å². The number of aliphatic hydroxyl groups is 1. The van der Waals surface area contributed by atoms with Crippen molar-refractivity contribution in [1.82, 2.24) is 20.5 Å².